The Kier molecular flexibility index (Phi) is 20.5. The number of allylic oxidation sites excluding steroid dienone is 3. The van der Waals surface area contributed by atoms with Gasteiger partial charge in [-0.3, -0.25) is 0 Å². The van der Waals surface area contributed by atoms with Crippen molar-refractivity contribution < 1.29 is 40.5 Å². The highest BCUT2D eigenvalue weighted by Gasteiger charge is 2.55. The smallest absolute Gasteiger partial charge is 0.161 e. The molecule has 3 fully saturated rings. The van der Waals surface area contributed by atoms with Crippen molar-refractivity contribution in [3.05, 3.63) is 153 Å². The number of dihydropyridines is 1. The molecule has 14 heteroatoms. The van der Waals surface area contributed by atoms with E-state index in [1.807, 2.05) is 31.3 Å². The van der Waals surface area contributed by atoms with Crippen LogP contribution < -0.4 is 21.1 Å². The molecule has 2 saturated carbocycles. The fraction of sp³-hybridized carbons (Fsp3) is 0.595. The number of ether oxygens (including phenoxy) is 1. The molecule has 0 unspecified atom stereocenters. The number of aliphatic hydroxyl groups excluding tert-OH is 6. The van der Waals surface area contributed by atoms with E-state index < -0.39 is 53.7 Å². The summed E-state index contributed by atoms with van der Waals surface area (Å²) in [4.78, 5) is 3.40. The molecule has 88 heavy (non-hydrogen) atoms. The molecule has 12 nitrogen and oxygen atoms in total. The number of aromatic nitrogens is 1. The quantitative estimate of drug-likeness (QED) is 0.0362. The minimum absolute atomic E-state index is 0.0139. The molecule has 12 N–H and O–H groups in total. The molecule has 1 aromatic heterocycles. The summed E-state index contributed by atoms with van der Waals surface area (Å²) in [6.45, 7) is 4.76. The molecule has 474 valence electrons. The molecule has 4 aromatic rings. The minimum Gasteiger partial charge on any atom is -0.504 e. The standard InChI is InChI=1S/C74H98N4O8S2/c1-3-45-27-52-33-67(83)69(86-70-34-53(29-55-19-12-25-76-55)57-23-26-77-73(75)64(57)43-88-87-42-54(40-79)72(70)85)36-59(52)61-35-68(84)71-50(31-58(45)61)22-24-74(37-56(20-21-66(71)82)78-39-44(2)81)38-63(47-15-8-5-9-16-47)60-30-49-18-11-10-17-48(49)28-51(32-62(60)65(74)41-80)46-13-6-4-7-14-46/h5,8-12,15-19,23,25,31,33,36,44-46,50-51,53-54,56,60-63,65-66,68,70-72,76-85H,3-4,6-7,13-14,20-21,26-30,32,34-35,37-43,75H2,1-2H3/t44-,45+,50-,51+,53-,54-,56+,60+,61+,62+,63+,65+,66-,68+,70+,71+,72+,74-/m0/s1. The van der Waals surface area contributed by atoms with E-state index >= 15 is 0 Å². The van der Waals surface area contributed by atoms with Gasteiger partial charge >= 0.3 is 0 Å². The zero-order valence-corrected chi connectivity index (χ0v) is 53.5. The third-order valence-electron chi connectivity index (χ3n) is 22.8. The maximum Gasteiger partial charge on any atom is 0.161 e. The monoisotopic (exact) mass is 1230 g/mol. The number of rotatable bonds is 12. The Morgan fingerprint density at radius 1 is 0.818 bits per heavy atom. The van der Waals surface area contributed by atoms with E-state index in [1.54, 1.807) is 21.6 Å². The zero-order chi connectivity index (χ0) is 61.1. The maximum atomic E-state index is 13.1. The highest BCUT2D eigenvalue weighted by molar-refractivity contribution is 8.76. The third-order valence-corrected chi connectivity index (χ3v) is 25.2. The number of aromatic amines is 1. The number of aliphatic hydroxyl groups is 6. The van der Waals surface area contributed by atoms with Crippen LogP contribution in [0.15, 0.2) is 120 Å². The summed E-state index contributed by atoms with van der Waals surface area (Å²) in [5.74, 6) is 9.79. The molecule has 8 aliphatic rings. The lowest BCUT2D eigenvalue weighted by Gasteiger charge is -2.55. The number of aromatic hydroxyl groups is 1. The largest absolute Gasteiger partial charge is 0.504 e. The highest BCUT2D eigenvalue weighted by atomic mass is 33.1. The summed E-state index contributed by atoms with van der Waals surface area (Å²) in [5, 5.41) is 91.7. The Hall–Kier alpha value is -4.66. The number of hydrogen-bond acceptors (Lipinski definition) is 13. The van der Waals surface area contributed by atoms with Crippen LogP contribution >= 0.6 is 21.6 Å². The van der Waals surface area contributed by atoms with Crippen molar-refractivity contribution in [2.24, 2.45) is 70.3 Å². The van der Waals surface area contributed by atoms with Crippen LogP contribution in [0.3, 0.4) is 0 Å². The van der Waals surface area contributed by atoms with Gasteiger partial charge in [-0.25, -0.2) is 0 Å². The molecule has 12 rings (SSSR count). The van der Waals surface area contributed by atoms with Crippen molar-refractivity contribution in [2.75, 3.05) is 37.8 Å². The number of hydrogen-bond donors (Lipinski definition) is 11. The average Bonchev–Trinajstić information content (AvgIpc) is 1.35. The van der Waals surface area contributed by atoms with Crippen LogP contribution in [0.2, 0.25) is 0 Å². The molecule has 6 aliphatic carbocycles. The molecular formula is C74H98N4O8S2. The van der Waals surface area contributed by atoms with E-state index in [9.17, 15) is 35.7 Å². The fourth-order valence-electron chi connectivity index (χ4n) is 18.2. The van der Waals surface area contributed by atoms with Crippen LogP contribution in [0.25, 0.3) is 0 Å². The number of nitrogens with two attached hydrogens (primary N) is 1. The Bertz CT molecular complexity index is 3150. The van der Waals surface area contributed by atoms with Gasteiger partial charge in [-0.2, -0.15) is 0 Å². The summed E-state index contributed by atoms with van der Waals surface area (Å²) < 4.78 is 7.06. The number of H-pyrrole nitrogens is 1. The van der Waals surface area contributed by atoms with Gasteiger partial charge in [-0.05, 0) is 183 Å². The van der Waals surface area contributed by atoms with Crippen LogP contribution in [0.4, 0.5) is 0 Å². The third kappa shape index (κ3) is 13.6. The first-order chi connectivity index (χ1) is 42.8. The van der Waals surface area contributed by atoms with Gasteiger partial charge in [0.1, 0.15) is 11.9 Å². The SMILES string of the molecule is CC[C@@H]1Cc2cc(O)c(O[C@@H]3C[C@H](Cc4ccc[nH]4)C4=CCNC(N)=C4CSSC[C@H](CO)[C@H]3O)cc2[C@@H]2C[C@@H](O)[C@@H]3[C@@H](C#C[C@]4(C[C@H](NC[C@H](C)O)CC[C@@H]3O)C[C@H](c3ccccc3)[C@@H]3Cc5ccccc5C[C@@H](C5CCCCC5)C[C@H]3[C@H]4CO)C=C12. The first-order valence-corrected chi connectivity index (χ1v) is 36.2. The van der Waals surface area contributed by atoms with Gasteiger partial charge < -0.3 is 61.8 Å². The van der Waals surface area contributed by atoms with Crippen molar-refractivity contribution in [2.45, 2.75) is 171 Å². The molecule has 1 spiro atoms. The first kappa shape index (κ1) is 63.5. The van der Waals surface area contributed by atoms with Gasteiger partial charge in [0, 0.05) is 96.3 Å². The average molecular weight is 1240 g/mol. The molecule has 0 amide bonds. The Morgan fingerprint density at radius 2 is 1.61 bits per heavy atom. The molecule has 0 radical (unpaired) electrons. The van der Waals surface area contributed by atoms with E-state index in [0.717, 1.165) is 60.1 Å². The predicted octanol–water partition coefficient (Wildman–Crippen LogP) is 10.7. The van der Waals surface area contributed by atoms with E-state index in [4.69, 9.17) is 10.5 Å². The predicted molar refractivity (Wildman–Crippen MR) is 353 cm³/mol. The van der Waals surface area contributed by atoms with E-state index in [1.165, 1.54) is 54.4 Å². The first-order valence-electron chi connectivity index (χ1n) is 33.7. The van der Waals surface area contributed by atoms with Crippen molar-refractivity contribution >= 4 is 21.6 Å². The zero-order valence-electron chi connectivity index (χ0n) is 51.8. The molecule has 0 bridgehead atoms. The lowest BCUT2D eigenvalue weighted by molar-refractivity contribution is -0.0409. The summed E-state index contributed by atoms with van der Waals surface area (Å²) in [6, 6.07) is 28.0. The fourth-order valence-corrected chi connectivity index (χ4v) is 20.8. The van der Waals surface area contributed by atoms with Gasteiger partial charge in [0.25, 0.3) is 0 Å². The summed E-state index contributed by atoms with van der Waals surface area (Å²) >= 11 is 0. The van der Waals surface area contributed by atoms with Gasteiger partial charge in [-0.15, -0.1) is 0 Å². The second-order valence-electron chi connectivity index (χ2n) is 28.0. The van der Waals surface area contributed by atoms with Crippen molar-refractivity contribution in [3.63, 3.8) is 0 Å². The van der Waals surface area contributed by atoms with E-state index in [-0.39, 0.29) is 72.2 Å². The lowest BCUT2D eigenvalue weighted by Crippen LogP contribution is -2.53. The molecule has 2 aliphatic heterocycles. The lowest BCUT2D eigenvalue weighted by atomic mass is 9.49. The number of benzene rings is 3. The van der Waals surface area contributed by atoms with Crippen molar-refractivity contribution in [1.29, 1.82) is 0 Å². The Balaban J connectivity index is 0.949. The van der Waals surface area contributed by atoms with Gasteiger partial charge in [0.2, 0.25) is 0 Å². The summed E-state index contributed by atoms with van der Waals surface area (Å²) in [6.07, 6.45) is 16.8. The Labute approximate surface area is 530 Å². The normalized spacial score (nSPS) is 35.1. The van der Waals surface area contributed by atoms with Crippen LogP contribution in [-0.2, 0) is 25.7 Å². The van der Waals surface area contributed by atoms with E-state index in [2.05, 4.69) is 107 Å². The highest BCUT2D eigenvalue weighted by Crippen LogP contribution is 2.60. The summed E-state index contributed by atoms with van der Waals surface area (Å²) in [7, 11) is 3.26. The topological polar surface area (TPSA) is 217 Å². The number of phenolic OH excluding ortho intramolecular Hbond substituents is 1. The summed E-state index contributed by atoms with van der Waals surface area (Å²) in [5.41, 5.74) is 16.6. The molecular weight excluding hydrogens is 1140 g/mol. The van der Waals surface area contributed by atoms with Crippen molar-refractivity contribution in [1.82, 2.24) is 15.6 Å². The van der Waals surface area contributed by atoms with Gasteiger partial charge in [0.05, 0.1) is 24.4 Å². The van der Waals surface area contributed by atoms with Crippen molar-refractivity contribution in [3.8, 4) is 23.3 Å². The number of fused-ring (bicyclic) bond motifs is 7. The maximum absolute atomic E-state index is 13.1. The molecule has 1 saturated heterocycles. The Morgan fingerprint density at radius 3 is 2.36 bits per heavy atom. The van der Waals surface area contributed by atoms with Crippen LogP contribution in [0.1, 0.15) is 143 Å². The van der Waals surface area contributed by atoms with Crippen LogP contribution in [0, 0.1) is 76.4 Å². The van der Waals surface area contributed by atoms with Crippen LogP contribution in [-0.4, -0.2) is 115 Å². The minimum atomic E-state index is -1.08. The van der Waals surface area contributed by atoms with E-state index in [0.29, 0.717) is 87.2 Å². The molecule has 3 aromatic carbocycles. The number of nitrogens with one attached hydrogen (secondary N) is 3. The second-order valence-corrected chi connectivity index (χ2v) is 30.5. The number of phenols is 1. The van der Waals surface area contributed by atoms with Crippen LogP contribution in [0.5, 0.6) is 11.5 Å². The molecule has 18 atom stereocenters. The van der Waals surface area contributed by atoms with Gasteiger partial charge in [-0.1, -0.05) is 145 Å². The second kappa shape index (κ2) is 28.5. The molecule has 3 heterocycles. The van der Waals surface area contributed by atoms with Gasteiger partial charge in [0.15, 0.2) is 11.5 Å².